The second-order valence-electron chi connectivity index (χ2n) is 8.90. The number of likely N-dealkylation sites (tertiary alicyclic amines) is 1. The Morgan fingerprint density at radius 2 is 1.48 bits per heavy atom. The lowest BCUT2D eigenvalue weighted by atomic mass is 9.60. The van der Waals surface area contributed by atoms with E-state index >= 15 is 0 Å². The van der Waals surface area contributed by atoms with Crippen LogP contribution in [0.5, 0.6) is 0 Å². The average molecular weight is 351 g/mol. The summed E-state index contributed by atoms with van der Waals surface area (Å²) < 4.78 is 0. The van der Waals surface area contributed by atoms with Gasteiger partial charge in [0.05, 0.1) is 0 Å². The van der Waals surface area contributed by atoms with Crippen molar-refractivity contribution in [3.63, 3.8) is 0 Å². The fourth-order valence-electron chi connectivity index (χ4n) is 5.43. The first-order valence-electron chi connectivity index (χ1n) is 11.1. The maximum Gasteiger partial charge on any atom is 0.0113 e. The molecule has 25 heavy (non-hydrogen) atoms. The molecule has 4 rings (SSSR count). The van der Waals surface area contributed by atoms with Crippen LogP contribution in [0.25, 0.3) is 0 Å². The molecule has 4 nitrogen and oxygen atoms in total. The lowest BCUT2D eigenvalue weighted by Gasteiger charge is -2.56. The van der Waals surface area contributed by atoms with Crippen LogP contribution in [-0.2, 0) is 0 Å². The van der Waals surface area contributed by atoms with E-state index in [1.165, 1.54) is 97.4 Å². The molecule has 0 unspecified atom stereocenters. The van der Waals surface area contributed by atoms with Crippen molar-refractivity contribution in [3.05, 3.63) is 0 Å². The van der Waals surface area contributed by atoms with Crippen molar-refractivity contribution in [2.75, 3.05) is 66.0 Å². The van der Waals surface area contributed by atoms with Gasteiger partial charge in [-0.05, 0) is 83.1 Å². The first kappa shape index (κ1) is 19.6. The highest BCUT2D eigenvalue weighted by atomic mass is 15.3. The standard InChI is InChI=1S/C19H36N4.C2H6/c1-21-10-12-23(13-11-21)18-14-19(15-18)4-8-22(9-5-19)16-17-2-6-20-7-3-17;1-2/h17-18,20H,2-16H2,1H3;1-2H3. The number of hydrogen-bond donors (Lipinski definition) is 1. The summed E-state index contributed by atoms with van der Waals surface area (Å²) in [5.74, 6) is 0.963. The van der Waals surface area contributed by atoms with Crippen molar-refractivity contribution in [2.24, 2.45) is 11.3 Å². The van der Waals surface area contributed by atoms with Gasteiger partial charge in [0.25, 0.3) is 0 Å². The van der Waals surface area contributed by atoms with Crippen LogP contribution in [0, 0.1) is 11.3 Å². The second-order valence-corrected chi connectivity index (χ2v) is 8.90. The highest BCUT2D eigenvalue weighted by Gasteiger charge is 2.47. The zero-order chi connectivity index (χ0) is 17.7. The zero-order valence-electron chi connectivity index (χ0n) is 17.1. The second kappa shape index (κ2) is 9.16. The number of rotatable bonds is 3. The van der Waals surface area contributed by atoms with Gasteiger partial charge >= 0.3 is 0 Å². The molecule has 0 bridgehead atoms. The predicted octanol–water partition coefficient (Wildman–Crippen LogP) is 2.50. The molecule has 146 valence electrons. The molecule has 0 atom stereocenters. The molecular weight excluding hydrogens is 308 g/mol. The largest absolute Gasteiger partial charge is 0.317 e. The quantitative estimate of drug-likeness (QED) is 0.844. The fraction of sp³-hybridized carbons (Fsp3) is 1.00. The molecule has 3 heterocycles. The Morgan fingerprint density at radius 1 is 0.880 bits per heavy atom. The minimum absolute atomic E-state index is 0.735. The van der Waals surface area contributed by atoms with Crippen LogP contribution < -0.4 is 5.32 Å². The van der Waals surface area contributed by atoms with Crippen LogP contribution in [0.1, 0.15) is 52.4 Å². The van der Waals surface area contributed by atoms with Gasteiger partial charge in [0.15, 0.2) is 0 Å². The van der Waals surface area contributed by atoms with E-state index in [0.717, 1.165) is 17.4 Å². The fourth-order valence-corrected chi connectivity index (χ4v) is 5.43. The number of nitrogens with one attached hydrogen (secondary N) is 1. The van der Waals surface area contributed by atoms with Crippen LogP contribution in [0.3, 0.4) is 0 Å². The first-order valence-corrected chi connectivity index (χ1v) is 11.1. The Balaban J connectivity index is 0.000000880. The van der Waals surface area contributed by atoms with Gasteiger partial charge in [-0.3, -0.25) is 4.90 Å². The topological polar surface area (TPSA) is 21.8 Å². The molecule has 1 saturated carbocycles. The van der Waals surface area contributed by atoms with Gasteiger partial charge in [0, 0.05) is 38.8 Å². The highest BCUT2D eigenvalue weighted by Crippen LogP contribution is 2.51. The summed E-state index contributed by atoms with van der Waals surface area (Å²) >= 11 is 0. The van der Waals surface area contributed by atoms with E-state index < -0.39 is 0 Å². The zero-order valence-corrected chi connectivity index (χ0v) is 17.1. The monoisotopic (exact) mass is 350 g/mol. The van der Waals surface area contributed by atoms with Crippen molar-refractivity contribution in [2.45, 2.75) is 58.4 Å². The third-order valence-electron chi connectivity index (χ3n) is 7.28. The van der Waals surface area contributed by atoms with Gasteiger partial charge in [-0.15, -0.1) is 0 Å². The maximum atomic E-state index is 3.50. The van der Waals surface area contributed by atoms with Crippen LogP contribution in [0.4, 0.5) is 0 Å². The van der Waals surface area contributed by atoms with Gasteiger partial charge in [0.2, 0.25) is 0 Å². The van der Waals surface area contributed by atoms with Gasteiger partial charge < -0.3 is 15.1 Å². The van der Waals surface area contributed by atoms with E-state index in [-0.39, 0.29) is 0 Å². The van der Waals surface area contributed by atoms with E-state index in [4.69, 9.17) is 0 Å². The van der Waals surface area contributed by atoms with Crippen LogP contribution >= 0.6 is 0 Å². The van der Waals surface area contributed by atoms with Gasteiger partial charge in [-0.25, -0.2) is 0 Å². The minimum atomic E-state index is 0.735. The molecule has 0 amide bonds. The van der Waals surface area contributed by atoms with Gasteiger partial charge in [0.1, 0.15) is 0 Å². The van der Waals surface area contributed by atoms with Gasteiger partial charge in [-0.1, -0.05) is 13.8 Å². The Morgan fingerprint density at radius 3 is 2.08 bits per heavy atom. The molecule has 4 aliphatic rings. The SMILES string of the molecule is CC.CN1CCN(C2CC3(CCN(CC4CCNCC4)CC3)C2)CC1. The summed E-state index contributed by atoms with van der Waals surface area (Å²) in [7, 11) is 2.26. The summed E-state index contributed by atoms with van der Waals surface area (Å²) in [6, 6.07) is 0.916. The summed E-state index contributed by atoms with van der Waals surface area (Å²) in [5.41, 5.74) is 0.735. The smallest absolute Gasteiger partial charge is 0.0113 e. The molecule has 1 N–H and O–H groups in total. The Hall–Kier alpha value is -0.160. The number of piperidine rings is 2. The number of piperazine rings is 1. The van der Waals surface area contributed by atoms with Gasteiger partial charge in [-0.2, -0.15) is 0 Å². The molecule has 3 saturated heterocycles. The molecule has 0 aromatic carbocycles. The van der Waals surface area contributed by atoms with E-state index in [1.807, 2.05) is 13.8 Å². The van der Waals surface area contributed by atoms with Crippen molar-refractivity contribution < 1.29 is 0 Å². The van der Waals surface area contributed by atoms with E-state index in [1.54, 1.807) is 0 Å². The first-order chi connectivity index (χ1) is 12.2. The Labute approximate surface area is 156 Å². The maximum absolute atomic E-state index is 3.50. The number of hydrogen-bond acceptors (Lipinski definition) is 4. The molecule has 4 heteroatoms. The Kier molecular flexibility index (Phi) is 7.18. The average Bonchev–Trinajstić information content (AvgIpc) is 2.64. The molecule has 0 aromatic rings. The van der Waals surface area contributed by atoms with E-state index in [0.29, 0.717) is 0 Å². The van der Waals surface area contributed by atoms with Crippen LogP contribution in [0.15, 0.2) is 0 Å². The van der Waals surface area contributed by atoms with Crippen LogP contribution in [-0.4, -0.2) is 86.7 Å². The predicted molar refractivity (Wildman–Crippen MR) is 107 cm³/mol. The molecule has 1 aliphatic carbocycles. The number of nitrogens with zero attached hydrogens (tertiary/aromatic N) is 3. The number of likely N-dealkylation sites (N-methyl/N-ethyl adjacent to an activating group) is 1. The van der Waals surface area contributed by atoms with Crippen molar-refractivity contribution in [1.29, 1.82) is 0 Å². The molecular formula is C21H42N4. The van der Waals surface area contributed by atoms with Crippen LogP contribution in [0.2, 0.25) is 0 Å². The lowest BCUT2D eigenvalue weighted by molar-refractivity contribution is -0.0555. The van der Waals surface area contributed by atoms with Crippen molar-refractivity contribution >= 4 is 0 Å². The highest BCUT2D eigenvalue weighted by molar-refractivity contribution is 5.02. The third kappa shape index (κ3) is 4.97. The molecule has 0 radical (unpaired) electrons. The molecule has 4 fully saturated rings. The molecule has 1 spiro atoms. The normalized spacial score (nSPS) is 29.9. The van der Waals surface area contributed by atoms with Crippen molar-refractivity contribution in [1.82, 2.24) is 20.0 Å². The minimum Gasteiger partial charge on any atom is -0.317 e. The summed E-state index contributed by atoms with van der Waals surface area (Å²) in [6.45, 7) is 15.8. The third-order valence-corrected chi connectivity index (χ3v) is 7.28. The molecule has 0 aromatic heterocycles. The van der Waals surface area contributed by atoms with E-state index in [2.05, 4.69) is 27.1 Å². The lowest BCUT2D eigenvalue weighted by Crippen LogP contribution is -2.58. The summed E-state index contributed by atoms with van der Waals surface area (Å²) in [5, 5.41) is 3.50. The van der Waals surface area contributed by atoms with E-state index in [9.17, 15) is 0 Å². The Bertz CT molecular complexity index is 369. The molecule has 3 aliphatic heterocycles. The van der Waals surface area contributed by atoms with Crippen molar-refractivity contribution in [3.8, 4) is 0 Å². The summed E-state index contributed by atoms with van der Waals surface area (Å²) in [6.07, 6.45) is 8.74. The summed E-state index contributed by atoms with van der Waals surface area (Å²) in [4.78, 5) is 8.04.